The van der Waals surface area contributed by atoms with E-state index in [0.29, 0.717) is 37.0 Å². The Bertz CT molecular complexity index is 1250. The van der Waals surface area contributed by atoms with Gasteiger partial charge in [-0.3, -0.25) is 9.59 Å². The van der Waals surface area contributed by atoms with Gasteiger partial charge in [-0.2, -0.15) is 4.98 Å². The fraction of sp³-hybridized carbons (Fsp3) is 0.458. The van der Waals surface area contributed by atoms with Crippen molar-refractivity contribution in [1.82, 2.24) is 29.3 Å². The van der Waals surface area contributed by atoms with Gasteiger partial charge in [0.05, 0.1) is 0 Å². The summed E-state index contributed by atoms with van der Waals surface area (Å²) in [5.74, 6) is 0.745. The molecule has 0 aromatic carbocycles. The number of carbonyl (C=O) groups excluding carboxylic acids is 2. The summed E-state index contributed by atoms with van der Waals surface area (Å²) in [7, 11) is 3.52. The molecule has 1 aliphatic carbocycles. The average Bonchev–Trinajstić information content (AvgIpc) is 3.50. The van der Waals surface area contributed by atoms with Gasteiger partial charge in [0.2, 0.25) is 11.9 Å². The molecule has 2 N–H and O–H groups in total. The number of nitrogens with zero attached hydrogens (tertiary/aromatic N) is 6. The highest BCUT2D eigenvalue weighted by Crippen LogP contribution is 2.35. The van der Waals surface area contributed by atoms with Gasteiger partial charge in [-0.15, -0.1) is 0 Å². The maximum absolute atomic E-state index is 12.9. The van der Waals surface area contributed by atoms with Crippen molar-refractivity contribution < 1.29 is 14.7 Å². The molecule has 0 bridgehead atoms. The Balaban J connectivity index is 1.44. The van der Waals surface area contributed by atoms with Crippen LogP contribution in [0.4, 0.5) is 11.8 Å². The molecule has 0 unspecified atom stereocenters. The Morgan fingerprint density at radius 2 is 2.00 bits per heavy atom. The highest BCUT2D eigenvalue weighted by atomic mass is 16.3. The standard InChI is InChI=1S/C24H29N7O3/c1-29(2)23(34)19-11-16-12-25-24(28-22(16)31(19)17-5-3-4-6-17)27-20-8-7-15-13-30(21(33)14-32)10-9-18(15)26-20/h7-8,11-12,17,32H,3-6,9-10,13-14H2,1-2H3,(H,25,26,27,28). The smallest absolute Gasteiger partial charge is 0.270 e. The summed E-state index contributed by atoms with van der Waals surface area (Å²) in [5, 5.41) is 13.2. The van der Waals surface area contributed by atoms with E-state index in [1.54, 1.807) is 30.1 Å². The zero-order chi connectivity index (χ0) is 23.8. The van der Waals surface area contributed by atoms with Crippen LogP contribution < -0.4 is 5.32 Å². The number of aliphatic hydroxyl groups is 1. The lowest BCUT2D eigenvalue weighted by Crippen LogP contribution is -2.37. The van der Waals surface area contributed by atoms with Gasteiger partial charge in [0.15, 0.2) is 0 Å². The monoisotopic (exact) mass is 463 g/mol. The summed E-state index contributed by atoms with van der Waals surface area (Å²) >= 11 is 0. The second-order valence-corrected chi connectivity index (χ2v) is 9.16. The second-order valence-electron chi connectivity index (χ2n) is 9.16. The second kappa shape index (κ2) is 9.02. The van der Waals surface area contributed by atoms with Crippen molar-refractivity contribution in [3.05, 3.63) is 41.3 Å². The molecule has 0 atom stereocenters. The van der Waals surface area contributed by atoms with Crippen LogP contribution in [-0.2, 0) is 17.8 Å². The Morgan fingerprint density at radius 3 is 2.74 bits per heavy atom. The first kappa shape index (κ1) is 22.3. The van der Waals surface area contributed by atoms with Gasteiger partial charge < -0.3 is 24.8 Å². The molecular formula is C24H29N7O3. The molecule has 10 nitrogen and oxygen atoms in total. The number of pyridine rings is 1. The molecule has 10 heteroatoms. The van der Waals surface area contributed by atoms with E-state index in [1.807, 2.05) is 18.2 Å². The van der Waals surface area contributed by atoms with Crippen molar-refractivity contribution >= 4 is 34.6 Å². The molecule has 4 heterocycles. The molecule has 0 saturated heterocycles. The van der Waals surface area contributed by atoms with E-state index in [-0.39, 0.29) is 17.9 Å². The van der Waals surface area contributed by atoms with Crippen LogP contribution in [0, 0.1) is 0 Å². The Morgan fingerprint density at radius 1 is 1.21 bits per heavy atom. The van der Waals surface area contributed by atoms with Crippen LogP contribution >= 0.6 is 0 Å². The quantitative estimate of drug-likeness (QED) is 0.596. The summed E-state index contributed by atoms with van der Waals surface area (Å²) in [6.07, 6.45) is 6.74. The minimum absolute atomic E-state index is 0.0375. The van der Waals surface area contributed by atoms with E-state index in [4.69, 9.17) is 15.1 Å². The Hall–Kier alpha value is -3.53. The van der Waals surface area contributed by atoms with Crippen LogP contribution in [0.5, 0.6) is 0 Å². The highest BCUT2D eigenvalue weighted by molar-refractivity contribution is 5.97. The zero-order valence-electron chi connectivity index (χ0n) is 19.5. The minimum atomic E-state index is -0.480. The fourth-order valence-corrected chi connectivity index (χ4v) is 4.91. The van der Waals surface area contributed by atoms with Gasteiger partial charge >= 0.3 is 0 Å². The van der Waals surface area contributed by atoms with Crippen molar-refractivity contribution in [2.45, 2.75) is 44.7 Å². The molecule has 5 rings (SSSR count). The van der Waals surface area contributed by atoms with Gasteiger partial charge in [0, 0.05) is 56.9 Å². The molecule has 2 aliphatic rings. The molecule has 34 heavy (non-hydrogen) atoms. The van der Waals surface area contributed by atoms with E-state index in [0.717, 1.165) is 48.0 Å². The first-order valence-electron chi connectivity index (χ1n) is 11.7. The summed E-state index contributed by atoms with van der Waals surface area (Å²) in [5.41, 5.74) is 3.29. The number of hydrogen-bond acceptors (Lipinski definition) is 7. The van der Waals surface area contributed by atoms with Crippen LogP contribution in [-0.4, -0.2) is 73.5 Å². The third kappa shape index (κ3) is 4.09. The van der Waals surface area contributed by atoms with E-state index < -0.39 is 6.61 Å². The van der Waals surface area contributed by atoms with Crippen molar-refractivity contribution in [3.8, 4) is 0 Å². The average molecular weight is 464 g/mol. The first-order valence-corrected chi connectivity index (χ1v) is 11.7. The normalized spacial score (nSPS) is 16.0. The van der Waals surface area contributed by atoms with E-state index in [1.165, 1.54) is 0 Å². The lowest BCUT2D eigenvalue weighted by Gasteiger charge is -2.28. The van der Waals surface area contributed by atoms with Crippen LogP contribution in [0.2, 0.25) is 0 Å². The first-order chi connectivity index (χ1) is 16.4. The van der Waals surface area contributed by atoms with Crippen molar-refractivity contribution in [3.63, 3.8) is 0 Å². The maximum Gasteiger partial charge on any atom is 0.270 e. The van der Waals surface area contributed by atoms with Crippen LogP contribution in [0.3, 0.4) is 0 Å². The summed E-state index contributed by atoms with van der Waals surface area (Å²) in [6, 6.07) is 5.92. The molecule has 178 valence electrons. The Labute approximate surface area is 197 Å². The molecule has 0 spiro atoms. The molecular weight excluding hydrogens is 434 g/mol. The van der Waals surface area contributed by atoms with E-state index in [9.17, 15) is 9.59 Å². The number of anilines is 2. The lowest BCUT2D eigenvalue weighted by molar-refractivity contribution is -0.135. The van der Waals surface area contributed by atoms with E-state index >= 15 is 0 Å². The number of aliphatic hydroxyl groups excluding tert-OH is 1. The molecule has 0 radical (unpaired) electrons. The summed E-state index contributed by atoms with van der Waals surface area (Å²) in [6.45, 7) is 0.498. The predicted molar refractivity (Wildman–Crippen MR) is 127 cm³/mol. The third-order valence-electron chi connectivity index (χ3n) is 6.67. The van der Waals surface area contributed by atoms with Gasteiger partial charge in [-0.25, -0.2) is 9.97 Å². The summed E-state index contributed by atoms with van der Waals surface area (Å²) in [4.78, 5) is 41.9. The zero-order valence-corrected chi connectivity index (χ0v) is 19.5. The number of rotatable bonds is 5. The SMILES string of the molecule is CN(C)C(=O)c1cc2cnc(Nc3ccc4c(n3)CCN(C(=O)CO)C4)nc2n1C1CCCC1. The van der Waals surface area contributed by atoms with Crippen molar-refractivity contribution in [2.75, 3.05) is 32.6 Å². The topological polar surface area (TPSA) is 116 Å². The molecule has 2 amide bonds. The van der Waals surface area contributed by atoms with Crippen LogP contribution in [0.15, 0.2) is 24.4 Å². The van der Waals surface area contributed by atoms with Crippen LogP contribution in [0.25, 0.3) is 11.0 Å². The summed E-state index contributed by atoms with van der Waals surface area (Å²) < 4.78 is 2.09. The van der Waals surface area contributed by atoms with Crippen LogP contribution in [0.1, 0.15) is 53.5 Å². The number of aromatic nitrogens is 4. The van der Waals surface area contributed by atoms with Crippen molar-refractivity contribution in [1.29, 1.82) is 0 Å². The highest BCUT2D eigenvalue weighted by Gasteiger charge is 2.27. The maximum atomic E-state index is 12.9. The van der Waals surface area contributed by atoms with Gasteiger partial charge in [-0.05, 0) is 30.5 Å². The number of carbonyl (C=O) groups is 2. The number of nitrogens with one attached hydrogen (secondary N) is 1. The molecule has 1 fully saturated rings. The predicted octanol–water partition coefficient (Wildman–Crippen LogP) is 2.26. The lowest BCUT2D eigenvalue weighted by atomic mass is 10.1. The minimum Gasteiger partial charge on any atom is -0.387 e. The van der Waals surface area contributed by atoms with Gasteiger partial charge in [0.1, 0.15) is 23.8 Å². The molecule has 3 aromatic heterocycles. The molecule has 3 aromatic rings. The largest absolute Gasteiger partial charge is 0.387 e. The van der Waals surface area contributed by atoms with Gasteiger partial charge in [0.25, 0.3) is 5.91 Å². The molecule has 1 aliphatic heterocycles. The van der Waals surface area contributed by atoms with Gasteiger partial charge in [-0.1, -0.05) is 18.9 Å². The number of hydrogen-bond donors (Lipinski definition) is 2. The number of amides is 2. The van der Waals surface area contributed by atoms with E-state index in [2.05, 4.69) is 14.9 Å². The molecule has 1 saturated carbocycles. The third-order valence-corrected chi connectivity index (χ3v) is 6.67. The Kier molecular flexibility index (Phi) is 5.91. The van der Waals surface area contributed by atoms with Crippen molar-refractivity contribution in [2.24, 2.45) is 0 Å². The number of fused-ring (bicyclic) bond motifs is 2. The fourth-order valence-electron chi connectivity index (χ4n) is 4.91.